The zero-order valence-corrected chi connectivity index (χ0v) is 21.2. The SMILES string of the molecule is Cc1ccc(CNC(=O)c2cn(CC(F)CCn3ccc(NC(=O)Cc4ccccc4)c(F)c3=O)nn2)cn1. The quantitative estimate of drug-likeness (QED) is 0.305. The van der Waals surface area contributed by atoms with Crippen LogP contribution in [0.4, 0.5) is 14.5 Å². The maximum Gasteiger partial charge on any atom is 0.288 e. The minimum absolute atomic E-state index is 0.0305. The second-order valence-corrected chi connectivity index (χ2v) is 8.95. The predicted molar refractivity (Wildman–Crippen MR) is 139 cm³/mol. The van der Waals surface area contributed by atoms with E-state index in [0.29, 0.717) is 0 Å². The summed E-state index contributed by atoms with van der Waals surface area (Å²) in [5, 5.41) is 12.7. The zero-order valence-electron chi connectivity index (χ0n) is 21.2. The number of aryl methyl sites for hydroxylation is 2. The molecule has 1 aromatic carbocycles. The van der Waals surface area contributed by atoms with E-state index in [4.69, 9.17) is 0 Å². The Hall–Kier alpha value is -4.74. The van der Waals surface area contributed by atoms with Gasteiger partial charge in [0.2, 0.25) is 11.7 Å². The van der Waals surface area contributed by atoms with Crippen molar-refractivity contribution in [1.82, 2.24) is 29.9 Å². The number of amides is 2. The lowest BCUT2D eigenvalue weighted by Gasteiger charge is -2.12. The van der Waals surface area contributed by atoms with E-state index in [2.05, 4.69) is 25.9 Å². The van der Waals surface area contributed by atoms with Crippen LogP contribution in [-0.2, 0) is 30.8 Å². The van der Waals surface area contributed by atoms with Crippen LogP contribution in [0.15, 0.2) is 71.9 Å². The summed E-state index contributed by atoms with van der Waals surface area (Å²) in [6.45, 7) is 1.82. The first-order valence-electron chi connectivity index (χ1n) is 12.2. The van der Waals surface area contributed by atoms with Crippen molar-refractivity contribution < 1.29 is 18.4 Å². The molecule has 1 unspecified atom stereocenters. The van der Waals surface area contributed by atoms with Crippen molar-refractivity contribution in [3.63, 3.8) is 0 Å². The number of hydrogen-bond donors (Lipinski definition) is 2. The van der Waals surface area contributed by atoms with Crippen LogP contribution in [0.3, 0.4) is 0 Å². The van der Waals surface area contributed by atoms with Crippen molar-refractivity contribution in [2.45, 2.75) is 45.6 Å². The van der Waals surface area contributed by atoms with Crippen LogP contribution in [0.5, 0.6) is 0 Å². The Morgan fingerprint density at radius 2 is 1.87 bits per heavy atom. The van der Waals surface area contributed by atoms with Crippen LogP contribution in [0, 0.1) is 12.7 Å². The lowest BCUT2D eigenvalue weighted by molar-refractivity contribution is -0.115. The highest BCUT2D eigenvalue weighted by Gasteiger charge is 2.16. The Balaban J connectivity index is 1.26. The fourth-order valence-electron chi connectivity index (χ4n) is 3.74. The summed E-state index contributed by atoms with van der Waals surface area (Å²) >= 11 is 0. The highest BCUT2D eigenvalue weighted by molar-refractivity contribution is 5.92. The van der Waals surface area contributed by atoms with E-state index in [1.54, 1.807) is 30.5 Å². The number of anilines is 1. The summed E-state index contributed by atoms with van der Waals surface area (Å²) < 4.78 is 31.4. The summed E-state index contributed by atoms with van der Waals surface area (Å²) in [5.41, 5.74) is 1.26. The molecule has 0 aliphatic carbocycles. The van der Waals surface area contributed by atoms with Gasteiger partial charge in [0.25, 0.3) is 11.5 Å². The average molecular weight is 536 g/mol. The van der Waals surface area contributed by atoms with E-state index >= 15 is 0 Å². The number of pyridine rings is 2. The van der Waals surface area contributed by atoms with E-state index < -0.39 is 29.4 Å². The maximum absolute atomic E-state index is 14.6. The fourth-order valence-corrected chi connectivity index (χ4v) is 3.74. The van der Waals surface area contributed by atoms with E-state index in [-0.39, 0.29) is 43.9 Å². The van der Waals surface area contributed by atoms with Gasteiger partial charge in [0.05, 0.1) is 24.8 Å². The molecule has 0 aliphatic heterocycles. The van der Waals surface area contributed by atoms with Crippen LogP contribution in [-0.4, -0.2) is 42.5 Å². The summed E-state index contributed by atoms with van der Waals surface area (Å²) in [6.07, 6.45) is 2.77. The smallest absolute Gasteiger partial charge is 0.288 e. The van der Waals surface area contributed by atoms with Crippen molar-refractivity contribution in [1.29, 1.82) is 0 Å². The van der Waals surface area contributed by atoms with Gasteiger partial charge in [-0.05, 0) is 36.6 Å². The number of nitrogens with one attached hydrogen (secondary N) is 2. The minimum atomic E-state index is -1.44. The van der Waals surface area contributed by atoms with E-state index in [9.17, 15) is 23.2 Å². The standard InChI is InChI=1S/C27H27F2N7O3/c1-18-7-8-20(14-30-18)15-31-26(38)23-17-36(34-33-23)16-21(28)9-11-35-12-10-22(25(29)27(35)39)32-24(37)13-19-5-3-2-4-6-19/h2-8,10,12,14,17,21H,9,11,13,15-16H2,1H3,(H,31,38)(H,32,37). The monoisotopic (exact) mass is 535 g/mol. The van der Waals surface area contributed by atoms with Gasteiger partial charge in [-0.3, -0.25) is 19.4 Å². The Morgan fingerprint density at radius 3 is 2.62 bits per heavy atom. The predicted octanol–water partition coefficient (Wildman–Crippen LogP) is 2.82. The molecular weight excluding hydrogens is 508 g/mol. The third kappa shape index (κ3) is 7.63. The molecule has 1 atom stereocenters. The van der Waals surface area contributed by atoms with Crippen molar-refractivity contribution in [2.75, 3.05) is 5.32 Å². The van der Waals surface area contributed by atoms with Gasteiger partial charge in [0.15, 0.2) is 5.69 Å². The summed E-state index contributed by atoms with van der Waals surface area (Å²) in [5.74, 6) is -2.05. The van der Waals surface area contributed by atoms with Gasteiger partial charge in [-0.1, -0.05) is 41.6 Å². The molecule has 0 saturated carbocycles. The van der Waals surface area contributed by atoms with Crippen LogP contribution in [0.1, 0.15) is 33.7 Å². The van der Waals surface area contributed by atoms with Gasteiger partial charge < -0.3 is 15.2 Å². The van der Waals surface area contributed by atoms with Gasteiger partial charge in [0.1, 0.15) is 6.17 Å². The Bertz CT molecular complexity index is 1490. The second-order valence-electron chi connectivity index (χ2n) is 8.95. The first-order valence-corrected chi connectivity index (χ1v) is 12.2. The molecular formula is C27H27F2N7O3. The van der Waals surface area contributed by atoms with Crippen molar-refractivity contribution in [2.24, 2.45) is 0 Å². The number of hydrogen-bond acceptors (Lipinski definition) is 6. The maximum atomic E-state index is 14.6. The molecule has 0 radical (unpaired) electrons. The number of nitrogens with zero attached hydrogens (tertiary/aromatic N) is 5. The normalized spacial score (nSPS) is 11.7. The van der Waals surface area contributed by atoms with Crippen molar-refractivity contribution in [3.8, 4) is 0 Å². The number of halogens is 2. The Morgan fingerprint density at radius 1 is 1.08 bits per heavy atom. The Labute approximate surface area is 222 Å². The van der Waals surface area contributed by atoms with Crippen LogP contribution < -0.4 is 16.2 Å². The number of carbonyl (C=O) groups excluding carboxylic acids is 2. The molecule has 3 aromatic heterocycles. The van der Waals surface area contributed by atoms with E-state index in [0.717, 1.165) is 21.4 Å². The number of aromatic nitrogens is 5. The number of carbonyl (C=O) groups is 2. The molecule has 12 heteroatoms. The number of alkyl halides is 1. The largest absolute Gasteiger partial charge is 0.346 e. The molecule has 2 amide bonds. The van der Waals surface area contributed by atoms with Gasteiger partial charge >= 0.3 is 0 Å². The van der Waals surface area contributed by atoms with Crippen LogP contribution >= 0.6 is 0 Å². The van der Waals surface area contributed by atoms with Gasteiger partial charge in [0, 0.05) is 31.2 Å². The molecule has 3 heterocycles. The van der Waals surface area contributed by atoms with Crippen LogP contribution in [0.25, 0.3) is 0 Å². The molecule has 0 spiro atoms. The molecule has 39 heavy (non-hydrogen) atoms. The molecule has 0 bridgehead atoms. The molecule has 0 fully saturated rings. The first-order chi connectivity index (χ1) is 18.8. The number of benzene rings is 1. The van der Waals surface area contributed by atoms with E-state index in [1.165, 1.54) is 23.1 Å². The molecule has 0 aliphatic rings. The molecule has 0 saturated heterocycles. The Kier molecular flexibility index (Phi) is 8.87. The first kappa shape index (κ1) is 27.3. The molecule has 4 rings (SSSR count). The van der Waals surface area contributed by atoms with Gasteiger partial charge in [-0.15, -0.1) is 5.10 Å². The highest BCUT2D eigenvalue weighted by Crippen LogP contribution is 2.12. The third-order valence-corrected chi connectivity index (χ3v) is 5.85. The average Bonchev–Trinajstić information content (AvgIpc) is 3.39. The molecule has 202 valence electrons. The highest BCUT2D eigenvalue weighted by atomic mass is 19.1. The lowest BCUT2D eigenvalue weighted by atomic mass is 10.1. The van der Waals surface area contributed by atoms with Gasteiger partial charge in [-0.25, -0.2) is 9.07 Å². The van der Waals surface area contributed by atoms with E-state index in [1.807, 2.05) is 25.1 Å². The van der Waals surface area contributed by atoms with Crippen molar-refractivity contribution in [3.05, 3.63) is 106 Å². The van der Waals surface area contributed by atoms with Crippen molar-refractivity contribution >= 4 is 17.5 Å². The third-order valence-electron chi connectivity index (χ3n) is 5.85. The van der Waals surface area contributed by atoms with Crippen LogP contribution in [0.2, 0.25) is 0 Å². The lowest BCUT2D eigenvalue weighted by Crippen LogP contribution is -2.27. The summed E-state index contributed by atoms with van der Waals surface area (Å²) in [4.78, 5) is 41.1. The summed E-state index contributed by atoms with van der Waals surface area (Å²) in [7, 11) is 0. The zero-order chi connectivity index (χ0) is 27.8. The minimum Gasteiger partial charge on any atom is -0.346 e. The number of rotatable bonds is 11. The van der Waals surface area contributed by atoms with Gasteiger partial charge in [-0.2, -0.15) is 4.39 Å². The molecule has 2 N–H and O–H groups in total. The molecule has 10 nitrogen and oxygen atoms in total. The summed E-state index contributed by atoms with van der Waals surface area (Å²) in [6, 6.07) is 13.9. The molecule has 4 aromatic rings. The fraction of sp³-hybridized carbons (Fsp3) is 0.259. The second kappa shape index (κ2) is 12.7. The topological polar surface area (TPSA) is 124 Å².